The smallest absolute Gasteiger partial charge is 0.368 e. The molecule has 3 N–H and O–H groups in total. The van der Waals surface area contributed by atoms with Gasteiger partial charge in [0.15, 0.2) is 0 Å². The van der Waals surface area contributed by atoms with E-state index in [1.54, 1.807) is 19.1 Å². The van der Waals surface area contributed by atoms with Gasteiger partial charge >= 0.3 is 6.18 Å². The van der Waals surface area contributed by atoms with Crippen molar-refractivity contribution in [2.75, 3.05) is 5.73 Å². The summed E-state index contributed by atoms with van der Waals surface area (Å²) in [7, 11) is 0. The Morgan fingerprint density at radius 3 is 2.65 bits per heavy atom. The highest BCUT2D eigenvalue weighted by molar-refractivity contribution is 5.94. The molecule has 0 spiro atoms. The summed E-state index contributed by atoms with van der Waals surface area (Å²) in [6.45, 7) is 1.77. The molecule has 0 aliphatic rings. The van der Waals surface area contributed by atoms with Crippen LogP contribution >= 0.6 is 0 Å². The van der Waals surface area contributed by atoms with Crippen LogP contribution in [0.15, 0.2) is 35.3 Å². The molecule has 0 amide bonds. The maximum Gasteiger partial charge on any atom is 0.419 e. The first-order chi connectivity index (χ1) is 12.3. The van der Waals surface area contributed by atoms with Crippen molar-refractivity contribution in [3.8, 4) is 22.5 Å². The van der Waals surface area contributed by atoms with Crippen molar-refractivity contribution in [2.24, 2.45) is 0 Å². The van der Waals surface area contributed by atoms with Crippen LogP contribution in [-0.4, -0.2) is 25.1 Å². The summed E-state index contributed by atoms with van der Waals surface area (Å²) >= 11 is 0. The molecule has 0 aliphatic carbocycles. The maximum atomic E-state index is 13.3. The van der Waals surface area contributed by atoms with Gasteiger partial charge in [-0.25, -0.2) is 15.0 Å². The topological polar surface area (TPSA) is 107 Å². The summed E-state index contributed by atoms with van der Waals surface area (Å²) in [5, 5.41) is 4.27. The largest absolute Gasteiger partial charge is 0.419 e. The number of pyridine rings is 1. The maximum absolute atomic E-state index is 13.3. The Morgan fingerprint density at radius 1 is 1.15 bits per heavy atom. The average Bonchev–Trinajstić information content (AvgIpc) is 3.18. The number of fused-ring (bicyclic) bond motifs is 1. The van der Waals surface area contributed by atoms with Crippen LogP contribution in [0.2, 0.25) is 0 Å². The monoisotopic (exact) mass is 360 g/mol. The molecule has 0 bridgehead atoms. The van der Waals surface area contributed by atoms with E-state index in [9.17, 15) is 13.2 Å². The summed E-state index contributed by atoms with van der Waals surface area (Å²) in [6, 6.07) is 3.34. The Balaban J connectivity index is 1.90. The van der Waals surface area contributed by atoms with Crippen LogP contribution in [0.3, 0.4) is 0 Å². The van der Waals surface area contributed by atoms with Crippen molar-refractivity contribution < 1.29 is 17.7 Å². The molecular formula is C16H11F3N6O. The van der Waals surface area contributed by atoms with Crippen LogP contribution in [-0.2, 0) is 6.18 Å². The van der Waals surface area contributed by atoms with Gasteiger partial charge in [0.05, 0.1) is 22.6 Å². The summed E-state index contributed by atoms with van der Waals surface area (Å²) in [5.74, 6) is -0.243. The molecule has 0 saturated heterocycles. The molecule has 132 valence electrons. The van der Waals surface area contributed by atoms with Gasteiger partial charge in [0.25, 0.3) is 0 Å². The van der Waals surface area contributed by atoms with Crippen LogP contribution < -0.4 is 5.73 Å². The van der Waals surface area contributed by atoms with Gasteiger partial charge in [0.2, 0.25) is 5.95 Å². The molecule has 0 atom stereocenters. The van der Waals surface area contributed by atoms with Gasteiger partial charge in [-0.15, -0.1) is 0 Å². The SMILES string of the molecule is Cc1nocc1-c1ccc2c(-c3nc(N)ncc3C(F)(F)F)c[nH]c2n1. The molecule has 0 fully saturated rings. The second-order valence-electron chi connectivity index (χ2n) is 5.60. The Kier molecular flexibility index (Phi) is 3.43. The minimum atomic E-state index is -4.61. The molecule has 0 unspecified atom stereocenters. The molecule has 0 radical (unpaired) electrons. The Morgan fingerprint density at radius 2 is 1.96 bits per heavy atom. The Bertz CT molecular complexity index is 1110. The van der Waals surface area contributed by atoms with Gasteiger partial charge in [-0.3, -0.25) is 0 Å². The van der Waals surface area contributed by atoms with Crippen molar-refractivity contribution in [1.82, 2.24) is 25.1 Å². The highest BCUT2D eigenvalue weighted by Gasteiger charge is 2.36. The number of alkyl halides is 3. The molecule has 0 aliphatic heterocycles. The first kappa shape index (κ1) is 16.1. The molecule has 4 heterocycles. The number of H-pyrrole nitrogens is 1. The van der Waals surface area contributed by atoms with Gasteiger partial charge in [-0.05, 0) is 19.1 Å². The molecule has 4 aromatic rings. The highest BCUT2D eigenvalue weighted by Crippen LogP contribution is 2.38. The number of nitrogens with zero attached hydrogens (tertiary/aromatic N) is 4. The van der Waals surface area contributed by atoms with E-state index in [2.05, 4.69) is 25.1 Å². The number of nitrogens with two attached hydrogens (primary N) is 1. The lowest BCUT2D eigenvalue weighted by Gasteiger charge is -2.11. The lowest BCUT2D eigenvalue weighted by atomic mass is 10.1. The molecule has 4 aromatic heterocycles. The third kappa shape index (κ3) is 2.55. The predicted molar refractivity (Wildman–Crippen MR) is 86.8 cm³/mol. The van der Waals surface area contributed by atoms with Gasteiger partial charge in [-0.2, -0.15) is 13.2 Å². The second kappa shape index (κ2) is 5.55. The minimum absolute atomic E-state index is 0.238. The van der Waals surface area contributed by atoms with Crippen molar-refractivity contribution in [1.29, 1.82) is 0 Å². The molecule has 0 aromatic carbocycles. The van der Waals surface area contributed by atoms with Crippen molar-refractivity contribution >= 4 is 17.0 Å². The highest BCUT2D eigenvalue weighted by atomic mass is 19.4. The lowest BCUT2D eigenvalue weighted by molar-refractivity contribution is -0.137. The van der Waals surface area contributed by atoms with Crippen LogP contribution in [0.4, 0.5) is 19.1 Å². The van der Waals surface area contributed by atoms with E-state index in [0.717, 1.165) is 0 Å². The number of nitrogens with one attached hydrogen (secondary N) is 1. The first-order valence-electron chi connectivity index (χ1n) is 7.44. The van der Waals surface area contributed by atoms with Gasteiger partial charge in [0.1, 0.15) is 17.5 Å². The van der Waals surface area contributed by atoms with E-state index in [0.29, 0.717) is 34.2 Å². The van der Waals surface area contributed by atoms with E-state index in [-0.39, 0.29) is 17.2 Å². The number of aromatic nitrogens is 5. The summed E-state index contributed by atoms with van der Waals surface area (Å²) in [6.07, 6.45) is -1.06. The van der Waals surface area contributed by atoms with E-state index >= 15 is 0 Å². The average molecular weight is 360 g/mol. The normalized spacial score (nSPS) is 12.0. The van der Waals surface area contributed by atoms with Crippen LogP contribution in [0.25, 0.3) is 33.5 Å². The fourth-order valence-corrected chi connectivity index (χ4v) is 2.70. The summed E-state index contributed by atoms with van der Waals surface area (Å²) in [5.41, 5.74) is 6.82. The fourth-order valence-electron chi connectivity index (χ4n) is 2.70. The van der Waals surface area contributed by atoms with Crippen LogP contribution in [0, 0.1) is 6.92 Å². The Hall–Kier alpha value is -3.43. The van der Waals surface area contributed by atoms with Crippen molar-refractivity contribution in [2.45, 2.75) is 13.1 Å². The Labute approximate surface area is 144 Å². The van der Waals surface area contributed by atoms with Gasteiger partial charge in [-0.1, -0.05) is 5.16 Å². The quantitative estimate of drug-likeness (QED) is 0.566. The zero-order valence-electron chi connectivity index (χ0n) is 13.3. The number of hydrogen-bond donors (Lipinski definition) is 2. The second-order valence-corrected chi connectivity index (χ2v) is 5.60. The standard InChI is InChI=1S/C16H11F3N6O/c1-7-10(6-26-25-7)12-3-2-8-9(4-21-14(8)23-12)13-11(16(17,18)19)5-22-15(20)24-13/h2-6H,1H3,(H,21,23)(H2,20,22,24). The van der Waals surface area contributed by atoms with E-state index in [1.807, 2.05) is 0 Å². The van der Waals surface area contributed by atoms with E-state index < -0.39 is 11.7 Å². The first-order valence-corrected chi connectivity index (χ1v) is 7.44. The van der Waals surface area contributed by atoms with Gasteiger partial charge in [0, 0.05) is 23.3 Å². The molecule has 10 heteroatoms. The molecule has 7 nitrogen and oxygen atoms in total. The molecule has 26 heavy (non-hydrogen) atoms. The number of nitrogen functional groups attached to an aromatic ring is 1. The van der Waals surface area contributed by atoms with Gasteiger partial charge < -0.3 is 15.2 Å². The third-order valence-electron chi connectivity index (χ3n) is 3.93. The third-order valence-corrected chi connectivity index (χ3v) is 3.93. The predicted octanol–water partition coefficient (Wildman–Crippen LogP) is 3.58. The number of hydrogen-bond acceptors (Lipinski definition) is 6. The number of aromatic amines is 1. The zero-order chi connectivity index (χ0) is 18.5. The minimum Gasteiger partial charge on any atom is -0.368 e. The van der Waals surface area contributed by atoms with E-state index in [1.165, 1.54) is 12.5 Å². The number of halogens is 3. The lowest BCUT2D eigenvalue weighted by Crippen LogP contribution is -2.10. The molecule has 0 saturated carbocycles. The fraction of sp³-hybridized carbons (Fsp3) is 0.125. The number of anilines is 1. The van der Waals surface area contributed by atoms with Crippen LogP contribution in [0.5, 0.6) is 0 Å². The molecular weight excluding hydrogens is 349 g/mol. The molecule has 4 rings (SSSR count). The summed E-state index contributed by atoms with van der Waals surface area (Å²) < 4.78 is 44.8. The van der Waals surface area contributed by atoms with Crippen molar-refractivity contribution in [3.05, 3.63) is 42.0 Å². The number of rotatable bonds is 2. The van der Waals surface area contributed by atoms with E-state index in [4.69, 9.17) is 10.3 Å². The number of aryl methyl sites for hydroxylation is 1. The van der Waals surface area contributed by atoms with Crippen molar-refractivity contribution in [3.63, 3.8) is 0 Å². The van der Waals surface area contributed by atoms with Crippen LogP contribution in [0.1, 0.15) is 11.3 Å². The zero-order valence-corrected chi connectivity index (χ0v) is 13.3. The summed E-state index contributed by atoms with van der Waals surface area (Å²) in [4.78, 5) is 14.6.